The fourth-order valence-electron chi connectivity index (χ4n) is 2.79. The monoisotopic (exact) mass is 240 g/mol. The minimum atomic E-state index is 0.0662. The number of hydrogen-bond acceptors (Lipinski definition) is 2. The van der Waals surface area contributed by atoms with E-state index in [1.807, 2.05) is 0 Å². The summed E-state index contributed by atoms with van der Waals surface area (Å²) in [7, 11) is 0. The molecule has 1 N–H and O–H groups in total. The number of piperidine rings is 1. The summed E-state index contributed by atoms with van der Waals surface area (Å²) in [6.07, 6.45) is 4.29. The molecule has 1 fully saturated rings. The van der Waals surface area contributed by atoms with Gasteiger partial charge in [0.15, 0.2) is 0 Å². The lowest BCUT2D eigenvalue weighted by Gasteiger charge is -2.40. The van der Waals surface area contributed by atoms with E-state index in [9.17, 15) is 4.79 Å². The highest BCUT2D eigenvalue weighted by Gasteiger charge is 2.32. The molecule has 0 radical (unpaired) electrons. The van der Waals surface area contributed by atoms with Crippen molar-refractivity contribution in [2.45, 2.75) is 65.5 Å². The lowest BCUT2D eigenvalue weighted by Crippen LogP contribution is -2.55. The van der Waals surface area contributed by atoms with Gasteiger partial charge in [-0.05, 0) is 38.1 Å². The van der Waals surface area contributed by atoms with Gasteiger partial charge in [0.05, 0.1) is 6.04 Å². The SMILES string of the molecule is CCCNC1CCCN(C(CC)C(C)C)C1=O. The molecule has 0 aromatic heterocycles. The van der Waals surface area contributed by atoms with Crippen LogP contribution in [0.2, 0.25) is 0 Å². The number of nitrogens with zero attached hydrogens (tertiary/aromatic N) is 1. The Hall–Kier alpha value is -0.570. The summed E-state index contributed by atoms with van der Waals surface area (Å²) < 4.78 is 0. The average molecular weight is 240 g/mol. The first-order valence-electron chi connectivity index (χ1n) is 7.15. The van der Waals surface area contributed by atoms with Crippen LogP contribution in [0.15, 0.2) is 0 Å². The van der Waals surface area contributed by atoms with Crippen LogP contribution in [0.4, 0.5) is 0 Å². The van der Waals surface area contributed by atoms with Gasteiger partial charge in [-0.15, -0.1) is 0 Å². The highest BCUT2D eigenvalue weighted by atomic mass is 16.2. The number of amides is 1. The Kier molecular flexibility index (Phi) is 5.96. The van der Waals surface area contributed by atoms with Gasteiger partial charge in [-0.2, -0.15) is 0 Å². The third-order valence-electron chi connectivity index (χ3n) is 3.70. The van der Waals surface area contributed by atoms with Crippen LogP contribution < -0.4 is 5.32 Å². The highest BCUT2D eigenvalue weighted by Crippen LogP contribution is 2.21. The fraction of sp³-hybridized carbons (Fsp3) is 0.929. The first kappa shape index (κ1) is 14.5. The maximum absolute atomic E-state index is 12.4. The van der Waals surface area contributed by atoms with E-state index in [4.69, 9.17) is 0 Å². The molecule has 2 atom stereocenters. The second-order valence-corrected chi connectivity index (χ2v) is 5.40. The molecule has 0 saturated carbocycles. The fourth-order valence-corrected chi connectivity index (χ4v) is 2.79. The summed E-state index contributed by atoms with van der Waals surface area (Å²) in [5, 5.41) is 3.38. The Bertz CT molecular complexity index is 240. The molecule has 1 amide bonds. The van der Waals surface area contributed by atoms with Gasteiger partial charge >= 0.3 is 0 Å². The molecule has 1 aliphatic heterocycles. The van der Waals surface area contributed by atoms with Crippen molar-refractivity contribution in [3.05, 3.63) is 0 Å². The van der Waals surface area contributed by atoms with Crippen LogP contribution in [-0.4, -0.2) is 36.0 Å². The van der Waals surface area contributed by atoms with Crippen LogP contribution in [-0.2, 0) is 4.79 Å². The molecule has 17 heavy (non-hydrogen) atoms. The molecule has 0 aliphatic carbocycles. The van der Waals surface area contributed by atoms with Gasteiger partial charge in [-0.3, -0.25) is 4.79 Å². The molecule has 0 aromatic rings. The largest absolute Gasteiger partial charge is 0.338 e. The summed E-state index contributed by atoms with van der Waals surface area (Å²) in [6, 6.07) is 0.477. The van der Waals surface area contributed by atoms with E-state index in [-0.39, 0.29) is 6.04 Å². The third kappa shape index (κ3) is 3.70. The maximum Gasteiger partial charge on any atom is 0.239 e. The minimum Gasteiger partial charge on any atom is -0.338 e. The van der Waals surface area contributed by atoms with Gasteiger partial charge in [0.1, 0.15) is 0 Å². The van der Waals surface area contributed by atoms with E-state index in [1.54, 1.807) is 0 Å². The van der Waals surface area contributed by atoms with Crippen molar-refractivity contribution >= 4 is 5.91 Å². The average Bonchev–Trinajstić information content (AvgIpc) is 2.30. The molecular weight excluding hydrogens is 212 g/mol. The van der Waals surface area contributed by atoms with Crippen LogP contribution in [0.5, 0.6) is 0 Å². The summed E-state index contributed by atoms with van der Waals surface area (Å²) in [5.74, 6) is 0.874. The Morgan fingerprint density at radius 3 is 2.65 bits per heavy atom. The zero-order chi connectivity index (χ0) is 12.8. The van der Waals surface area contributed by atoms with Crippen LogP contribution in [0.25, 0.3) is 0 Å². The normalized spacial score (nSPS) is 23.2. The molecule has 1 saturated heterocycles. The van der Waals surface area contributed by atoms with Crippen molar-refractivity contribution in [3.63, 3.8) is 0 Å². The minimum absolute atomic E-state index is 0.0662. The molecule has 100 valence electrons. The summed E-state index contributed by atoms with van der Waals surface area (Å²) in [5.41, 5.74) is 0. The number of likely N-dealkylation sites (tertiary alicyclic amines) is 1. The van der Waals surface area contributed by atoms with Gasteiger partial charge in [-0.1, -0.05) is 27.7 Å². The Labute approximate surface area is 106 Å². The number of nitrogens with one attached hydrogen (secondary N) is 1. The van der Waals surface area contributed by atoms with Crippen LogP contribution in [0.1, 0.15) is 53.4 Å². The lowest BCUT2D eigenvalue weighted by atomic mass is 9.95. The van der Waals surface area contributed by atoms with Gasteiger partial charge in [0.25, 0.3) is 0 Å². The Morgan fingerprint density at radius 1 is 1.41 bits per heavy atom. The zero-order valence-corrected chi connectivity index (χ0v) is 11.8. The quantitative estimate of drug-likeness (QED) is 0.773. The molecule has 0 spiro atoms. The van der Waals surface area contributed by atoms with Gasteiger partial charge in [0.2, 0.25) is 5.91 Å². The van der Waals surface area contributed by atoms with Gasteiger partial charge < -0.3 is 10.2 Å². The van der Waals surface area contributed by atoms with E-state index in [2.05, 4.69) is 37.9 Å². The van der Waals surface area contributed by atoms with Gasteiger partial charge in [-0.25, -0.2) is 0 Å². The van der Waals surface area contributed by atoms with Crippen LogP contribution in [0.3, 0.4) is 0 Å². The van der Waals surface area contributed by atoms with Crippen molar-refractivity contribution in [3.8, 4) is 0 Å². The second kappa shape index (κ2) is 7.00. The smallest absolute Gasteiger partial charge is 0.239 e. The predicted molar refractivity (Wildman–Crippen MR) is 71.9 cm³/mol. The first-order valence-corrected chi connectivity index (χ1v) is 7.15. The Morgan fingerprint density at radius 2 is 2.12 bits per heavy atom. The van der Waals surface area contributed by atoms with Gasteiger partial charge in [0, 0.05) is 12.6 Å². The molecular formula is C14H28N2O. The topological polar surface area (TPSA) is 32.3 Å². The van der Waals surface area contributed by atoms with E-state index in [0.29, 0.717) is 17.9 Å². The molecule has 3 heteroatoms. The second-order valence-electron chi connectivity index (χ2n) is 5.40. The standard InChI is InChI=1S/C14H28N2O/c1-5-9-15-12-8-7-10-16(14(12)17)13(6-2)11(3)4/h11-13,15H,5-10H2,1-4H3. The van der Waals surface area contributed by atoms with E-state index >= 15 is 0 Å². The summed E-state index contributed by atoms with van der Waals surface area (Å²) >= 11 is 0. The van der Waals surface area contributed by atoms with E-state index < -0.39 is 0 Å². The van der Waals surface area contributed by atoms with Crippen molar-refractivity contribution in [2.75, 3.05) is 13.1 Å². The molecule has 1 aliphatic rings. The van der Waals surface area contributed by atoms with Crippen molar-refractivity contribution < 1.29 is 4.79 Å². The molecule has 2 unspecified atom stereocenters. The number of hydrogen-bond donors (Lipinski definition) is 1. The predicted octanol–water partition coefficient (Wildman–Crippen LogP) is 2.41. The number of carbonyl (C=O) groups excluding carboxylic acids is 1. The Balaban J connectivity index is 2.63. The molecule has 1 heterocycles. The van der Waals surface area contributed by atoms with Crippen LogP contribution in [0, 0.1) is 5.92 Å². The van der Waals surface area contributed by atoms with Crippen molar-refractivity contribution in [1.29, 1.82) is 0 Å². The molecule has 3 nitrogen and oxygen atoms in total. The lowest BCUT2D eigenvalue weighted by molar-refractivity contribution is -0.139. The van der Waals surface area contributed by atoms with E-state index in [0.717, 1.165) is 38.8 Å². The molecule has 0 bridgehead atoms. The summed E-state index contributed by atoms with van der Waals surface area (Å²) in [6.45, 7) is 10.6. The van der Waals surface area contributed by atoms with Crippen LogP contribution >= 0.6 is 0 Å². The first-order chi connectivity index (χ1) is 8.11. The number of carbonyl (C=O) groups is 1. The molecule has 0 aromatic carbocycles. The number of rotatable bonds is 6. The third-order valence-corrected chi connectivity index (χ3v) is 3.70. The van der Waals surface area contributed by atoms with Crippen molar-refractivity contribution in [2.24, 2.45) is 5.92 Å². The highest BCUT2D eigenvalue weighted by molar-refractivity contribution is 5.83. The zero-order valence-electron chi connectivity index (χ0n) is 11.8. The maximum atomic E-state index is 12.4. The van der Waals surface area contributed by atoms with E-state index in [1.165, 1.54) is 0 Å². The molecule has 1 rings (SSSR count). The van der Waals surface area contributed by atoms with Crippen molar-refractivity contribution in [1.82, 2.24) is 10.2 Å². The summed E-state index contributed by atoms with van der Waals surface area (Å²) in [4.78, 5) is 14.5.